The lowest BCUT2D eigenvalue weighted by Gasteiger charge is -2.25. The van der Waals surface area contributed by atoms with Crippen molar-refractivity contribution >= 4 is 5.91 Å². The molecule has 1 aliphatic heterocycles. The fourth-order valence-electron chi connectivity index (χ4n) is 5.54. The standard InChI is InChI=1S/C19H23N5O/c1-12-20-21-22-24(12)18(13-5-3-2-4-6-13)19(25)23-10-16-14-7-8-15(9-14)17(16)11-23/h2-6,14-18H,7-11H2,1H3/t14-,15+,16-,17+,18?. The van der Waals surface area contributed by atoms with Crippen LogP contribution in [0.2, 0.25) is 0 Å². The predicted molar refractivity (Wildman–Crippen MR) is 91.5 cm³/mol. The summed E-state index contributed by atoms with van der Waals surface area (Å²) in [4.78, 5) is 15.6. The van der Waals surface area contributed by atoms with Crippen molar-refractivity contribution in [2.24, 2.45) is 23.7 Å². The Bertz CT molecular complexity index is 770. The highest BCUT2D eigenvalue weighted by Crippen LogP contribution is 2.55. The van der Waals surface area contributed by atoms with E-state index in [1.54, 1.807) is 4.68 Å². The van der Waals surface area contributed by atoms with E-state index >= 15 is 0 Å². The molecular formula is C19H23N5O. The van der Waals surface area contributed by atoms with E-state index in [1.807, 2.05) is 37.3 Å². The molecule has 2 saturated carbocycles. The van der Waals surface area contributed by atoms with Crippen LogP contribution in [0.1, 0.15) is 36.7 Å². The summed E-state index contributed by atoms with van der Waals surface area (Å²) in [7, 11) is 0. The summed E-state index contributed by atoms with van der Waals surface area (Å²) in [6, 6.07) is 9.42. The van der Waals surface area contributed by atoms with Gasteiger partial charge in [-0.15, -0.1) is 5.10 Å². The van der Waals surface area contributed by atoms with Crippen molar-refractivity contribution in [3.63, 3.8) is 0 Å². The molecule has 0 radical (unpaired) electrons. The summed E-state index contributed by atoms with van der Waals surface area (Å²) in [5, 5.41) is 11.9. The molecule has 2 bridgehead atoms. The number of nitrogens with zero attached hydrogens (tertiary/aromatic N) is 5. The fourth-order valence-corrected chi connectivity index (χ4v) is 5.54. The van der Waals surface area contributed by atoms with Crippen molar-refractivity contribution in [2.75, 3.05) is 13.1 Å². The third-order valence-electron chi connectivity index (χ3n) is 6.70. The van der Waals surface area contributed by atoms with Crippen molar-refractivity contribution < 1.29 is 4.79 Å². The van der Waals surface area contributed by atoms with E-state index < -0.39 is 6.04 Å². The van der Waals surface area contributed by atoms with Gasteiger partial charge in [0.1, 0.15) is 5.82 Å². The lowest BCUT2D eigenvalue weighted by atomic mass is 9.82. The van der Waals surface area contributed by atoms with E-state index in [9.17, 15) is 4.79 Å². The largest absolute Gasteiger partial charge is 0.340 e. The van der Waals surface area contributed by atoms with Crippen LogP contribution in [0.15, 0.2) is 30.3 Å². The number of rotatable bonds is 3. The predicted octanol–water partition coefficient (Wildman–Crippen LogP) is 2.08. The maximum Gasteiger partial charge on any atom is 0.252 e. The zero-order chi connectivity index (χ0) is 17.0. The Hall–Kier alpha value is -2.24. The van der Waals surface area contributed by atoms with Gasteiger partial charge in [-0.2, -0.15) is 0 Å². The molecule has 0 N–H and O–H groups in total. The van der Waals surface area contributed by atoms with Gasteiger partial charge in [-0.25, -0.2) is 4.68 Å². The molecule has 2 heterocycles. The van der Waals surface area contributed by atoms with Crippen LogP contribution in [0.3, 0.4) is 0 Å². The van der Waals surface area contributed by atoms with Gasteiger partial charge in [0.05, 0.1) is 0 Å². The molecule has 0 spiro atoms. The second-order valence-corrected chi connectivity index (χ2v) is 7.89. The van der Waals surface area contributed by atoms with Gasteiger partial charge in [-0.1, -0.05) is 30.3 Å². The van der Waals surface area contributed by atoms with Crippen LogP contribution < -0.4 is 0 Å². The Kier molecular flexibility index (Phi) is 3.40. The topological polar surface area (TPSA) is 63.9 Å². The van der Waals surface area contributed by atoms with Gasteiger partial charge in [0.15, 0.2) is 6.04 Å². The first-order valence-corrected chi connectivity index (χ1v) is 9.30. The number of tetrazole rings is 1. The van der Waals surface area contributed by atoms with E-state index in [0.29, 0.717) is 17.7 Å². The normalized spacial score (nSPS) is 31.3. The lowest BCUT2D eigenvalue weighted by molar-refractivity contribution is -0.133. The van der Waals surface area contributed by atoms with Crippen LogP contribution in [0.5, 0.6) is 0 Å². The maximum absolute atomic E-state index is 13.5. The van der Waals surface area contributed by atoms with E-state index in [2.05, 4.69) is 20.4 Å². The summed E-state index contributed by atoms with van der Waals surface area (Å²) >= 11 is 0. The first-order valence-electron chi connectivity index (χ1n) is 9.30. The highest BCUT2D eigenvalue weighted by atomic mass is 16.2. The van der Waals surface area contributed by atoms with E-state index in [4.69, 9.17) is 0 Å². The lowest BCUT2D eigenvalue weighted by Crippen LogP contribution is -2.38. The number of carbonyl (C=O) groups excluding carboxylic acids is 1. The number of aryl methyl sites for hydroxylation is 1. The Balaban J connectivity index is 1.46. The number of fused-ring (bicyclic) bond motifs is 5. The number of aromatic nitrogens is 4. The van der Waals surface area contributed by atoms with Gasteiger partial charge in [0.2, 0.25) is 0 Å². The van der Waals surface area contributed by atoms with Crippen LogP contribution in [0.25, 0.3) is 0 Å². The third kappa shape index (κ3) is 2.30. The maximum atomic E-state index is 13.5. The first kappa shape index (κ1) is 15.0. The molecule has 6 heteroatoms. The molecule has 3 aliphatic rings. The quantitative estimate of drug-likeness (QED) is 0.860. The Morgan fingerprint density at radius 3 is 2.40 bits per heavy atom. The van der Waals surface area contributed by atoms with Crippen molar-refractivity contribution in [1.29, 1.82) is 0 Å². The Labute approximate surface area is 147 Å². The van der Waals surface area contributed by atoms with Crippen LogP contribution in [-0.2, 0) is 4.79 Å². The zero-order valence-electron chi connectivity index (χ0n) is 14.5. The smallest absolute Gasteiger partial charge is 0.252 e. The number of hydrogen-bond acceptors (Lipinski definition) is 4. The zero-order valence-corrected chi connectivity index (χ0v) is 14.5. The van der Waals surface area contributed by atoms with Crippen LogP contribution in [0.4, 0.5) is 0 Å². The average Bonchev–Trinajstić information content (AvgIpc) is 3.38. The molecule has 1 saturated heterocycles. The summed E-state index contributed by atoms with van der Waals surface area (Å²) < 4.78 is 1.67. The summed E-state index contributed by atoms with van der Waals surface area (Å²) in [5.74, 6) is 3.93. The molecule has 130 valence electrons. The number of carbonyl (C=O) groups is 1. The molecule has 3 fully saturated rings. The molecule has 1 aromatic carbocycles. The third-order valence-corrected chi connectivity index (χ3v) is 6.70. The average molecular weight is 337 g/mol. The molecule has 5 atom stereocenters. The molecule has 2 aliphatic carbocycles. The van der Waals surface area contributed by atoms with Crippen molar-refractivity contribution in [3.8, 4) is 0 Å². The molecular weight excluding hydrogens is 314 g/mol. The van der Waals surface area contributed by atoms with Crippen LogP contribution in [-0.4, -0.2) is 44.1 Å². The highest BCUT2D eigenvalue weighted by Gasteiger charge is 2.53. The first-order chi connectivity index (χ1) is 12.2. The second-order valence-electron chi connectivity index (χ2n) is 7.89. The molecule has 1 unspecified atom stereocenters. The van der Waals surface area contributed by atoms with Gasteiger partial charge < -0.3 is 4.90 Å². The molecule has 1 amide bonds. The molecule has 5 rings (SSSR count). The number of hydrogen-bond donors (Lipinski definition) is 0. The minimum absolute atomic E-state index is 0.135. The van der Waals surface area contributed by atoms with Gasteiger partial charge >= 0.3 is 0 Å². The van der Waals surface area contributed by atoms with Crippen molar-refractivity contribution in [2.45, 2.75) is 32.2 Å². The van der Waals surface area contributed by atoms with Gasteiger partial charge in [0.25, 0.3) is 5.91 Å². The fraction of sp³-hybridized carbons (Fsp3) is 0.579. The monoisotopic (exact) mass is 337 g/mol. The van der Waals surface area contributed by atoms with E-state index in [1.165, 1.54) is 19.3 Å². The van der Waals surface area contributed by atoms with E-state index in [-0.39, 0.29) is 5.91 Å². The minimum atomic E-state index is -0.465. The van der Waals surface area contributed by atoms with Crippen LogP contribution >= 0.6 is 0 Å². The van der Waals surface area contributed by atoms with E-state index in [0.717, 1.165) is 30.5 Å². The molecule has 25 heavy (non-hydrogen) atoms. The summed E-state index contributed by atoms with van der Waals surface area (Å²) in [6.45, 7) is 3.67. The van der Waals surface area contributed by atoms with Crippen molar-refractivity contribution in [1.82, 2.24) is 25.1 Å². The molecule has 1 aromatic heterocycles. The minimum Gasteiger partial charge on any atom is -0.340 e. The Morgan fingerprint density at radius 1 is 1.12 bits per heavy atom. The highest BCUT2D eigenvalue weighted by molar-refractivity contribution is 5.84. The van der Waals surface area contributed by atoms with Gasteiger partial charge in [-0.05, 0) is 65.8 Å². The SMILES string of the molecule is Cc1nnnn1C(C(=O)N1C[C@@H]2[C@@H]3CC[C@@H](C3)[C@@H]2C1)c1ccccc1. The van der Waals surface area contributed by atoms with Gasteiger partial charge in [-0.3, -0.25) is 4.79 Å². The number of benzene rings is 1. The Morgan fingerprint density at radius 2 is 1.80 bits per heavy atom. The molecule has 2 aromatic rings. The van der Waals surface area contributed by atoms with Gasteiger partial charge in [0, 0.05) is 13.1 Å². The summed E-state index contributed by atoms with van der Waals surface area (Å²) in [6.07, 6.45) is 4.12. The number of likely N-dealkylation sites (tertiary alicyclic amines) is 1. The summed E-state index contributed by atoms with van der Waals surface area (Å²) in [5.41, 5.74) is 0.947. The van der Waals surface area contributed by atoms with Crippen LogP contribution in [0, 0.1) is 30.6 Å². The van der Waals surface area contributed by atoms with Crippen molar-refractivity contribution in [3.05, 3.63) is 41.7 Å². The second kappa shape index (κ2) is 5.64. The molecule has 6 nitrogen and oxygen atoms in total. The number of amides is 1.